The van der Waals surface area contributed by atoms with E-state index in [-0.39, 0.29) is 39.3 Å². The quantitative estimate of drug-likeness (QED) is 0.340. The zero-order chi connectivity index (χ0) is 18.5. The monoisotopic (exact) mass is 350 g/mol. The smallest absolute Gasteiger partial charge is 0.306 e. The summed E-state index contributed by atoms with van der Waals surface area (Å²) in [4.78, 5) is 43.7. The molecule has 138 valence electrons. The molecule has 2 N–H and O–H groups in total. The van der Waals surface area contributed by atoms with Gasteiger partial charge in [-0.15, -0.1) is 0 Å². The lowest BCUT2D eigenvalue weighted by molar-refractivity contribution is -0.156. The molecule has 0 saturated carbocycles. The Balaban J connectivity index is 3.76. The summed E-state index contributed by atoms with van der Waals surface area (Å²) in [5.41, 5.74) is 0. The summed E-state index contributed by atoms with van der Waals surface area (Å²) >= 11 is 0. The Labute approximate surface area is 138 Å². The van der Waals surface area contributed by atoms with Crippen LogP contribution in [0.15, 0.2) is 0 Å². The normalized spacial score (nSPS) is 12.7. The topological polar surface area (TPSA) is 146 Å². The molecule has 0 aromatic rings. The van der Waals surface area contributed by atoms with Gasteiger partial charge < -0.3 is 29.2 Å². The zero-order valence-electron chi connectivity index (χ0n) is 13.6. The number of esters is 4. The lowest BCUT2D eigenvalue weighted by Gasteiger charge is -2.12. The van der Waals surface area contributed by atoms with Crippen LogP contribution >= 0.6 is 0 Å². The van der Waals surface area contributed by atoms with E-state index in [0.29, 0.717) is 0 Å². The van der Waals surface area contributed by atoms with Gasteiger partial charge in [0.05, 0.1) is 12.8 Å². The van der Waals surface area contributed by atoms with Crippen LogP contribution in [0.3, 0.4) is 0 Å². The third-order valence-electron chi connectivity index (χ3n) is 2.36. The van der Waals surface area contributed by atoms with E-state index in [4.69, 9.17) is 0 Å². The summed E-state index contributed by atoms with van der Waals surface area (Å²) in [6.45, 7) is 1.00. The van der Waals surface area contributed by atoms with E-state index in [9.17, 15) is 29.4 Å². The molecule has 0 amide bonds. The van der Waals surface area contributed by atoms with Crippen molar-refractivity contribution in [2.45, 2.75) is 38.9 Å². The highest BCUT2D eigenvalue weighted by Crippen LogP contribution is 1.99. The SMILES string of the molecule is CC(=O)OCC(O)COC(=O)CCC(=O)OCC(O)COC(C)=O. The van der Waals surface area contributed by atoms with E-state index in [0.717, 1.165) is 0 Å². The second kappa shape index (κ2) is 12.3. The maximum Gasteiger partial charge on any atom is 0.306 e. The Hall–Kier alpha value is -2.20. The number of aliphatic hydroxyl groups is 2. The second-order valence-electron chi connectivity index (χ2n) is 4.78. The van der Waals surface area contributed by atoms with Crippen LogP contribution in [-0.2, 0) is 38.1 Å². The fraction of sp³-hybridized carbons (Fsp3) is 0.714. The maximum atomic E-state index is 11.3. The van der Waals surface area contributed by atoms with Crippen molar-refractivity contribution in [3.8, 4) is 0 Å². The van der Waals surface area contributed by atoms with Crippen LogP contribution in [0.4, 0.5) is 0 Å². The van der Waals surface area contributed by atoms with E-state index in [2.05, 4.69) is 18.9 Å². The Morgan fingerprint density at radius 2 is 0.958 bits per heavy atom. The summed E-state index contributed by atoms with van der Waals surface area (Å²) < 4.78 is 18.4. The molecule has 2 unspecified atom stereocenters. The van der Waals surface area contributed by atoms with Crippen molar-refractivity contribution in [2.24, 2.45) is 0 Å². The van der Waals surface area contributed by atoms with E-state index in [1.807, 2.05) is 0 Å². The number of carbonyl (C=O) groups excluding carboxylic acids is 4. The molecule has 2 atom stereocenters. The van der Waals surface area contributed by atoms with E-state index in [1.165, 1.54) is 13.8 Å². The first-order valence-corrected chi connectivity index (χ1v) is 7.14. The van der Waals surface area contributed by atoms with Gasteiger partial charge in [0.25, 0.3) is 0 Å². The summed E-state index contributed by atoms with van der Waals surface area (Å²) in [5, 5.41) is 18.7. The Bertz CT molecular complexity index is 393. The van der Waals surface area contributed by atoms with E-state index >= 15 is 0 Å². The second-order valence-corrected chi connectivity index (χ2v) is 4.78. The van der Waals surface area contributed by atoms with Crippen molar-refractivity contribution in [3.63, 3.8) is 0 Å². The van der Waals surface area contributed by atoms with E-state index < -0.39 is 36.1 Å². The van der Waals surface area contributed by atoms with Crippen LogP contribution in [0.2, 0.25) is 0 Å². The third-order valence-corrected chi connectivity index (χ3v) is 2.36. The molecule has 10 heteroatoms. The van der Waals surface area contributed by atoms with Gasteiger partial charge in [-0.05, 0) is 0 Å². The fourth-order valence-electron chi connectivity index (χ4n) is 1.25. The minimum absolute atomic E-state index is 0.279. The molecule has 0 aromatic heterocycles. The standard InChI is InChI=1S/C14H22O10/c1-9(15)21-5-11(17)7-23-13(19)3-4-14(20)24-8-12(18)6-22-10(2)16/h11-12,17-18H,3-8H2,1-2H3. The van der Waals surface area contributed by atoms with Gasteiger partial charge in [-0.1, -0.05) is 0 Å². The molecule has 0 aromatic carbocycles. The molecule has 0 rings (SSSR count). The maximum absolute atomic E-state index is 11.3. The van der Waals surface area contributed by atoms with Crippen LogP contribution < -0.4 is 0 Å². The molecular weight excluding hydrogens is 328 g/mol. The third kappa shape index (κ3) is 13.5. The van der Waals surface area contributed by atoms with Crippen molar-refractivity contribution in [1.82, 2.24) is 0 Å². The van der Waals surface area contributed by atoms with Crippen LogP contribution in [0, 0.1) is 0 Å². The molecule has 0 aliphatic heterocycles. The molecular formula is C14H22O10. The van der Waals surface area contributed by atoms with Crippen molar-refractivity contribution < 1.29 is 48.3 Å². The Kier molecular flexibility index (Phi) is 11.1. The van der Waals surface area contributed by atoms with Crippen molar-refractivity contribution >= 4 is 23.9 Å². The lowest BCUT2D eigenvalue weighted by Crippen LogP contribution is -2.26. The van der Waals surface area contributed by atoms with Crippen LogP contribution in [0.1, 0.15) is 26.7 Å². The Morgan fingerprint density at radius 3 is 1.25 bits per heavy atom. The Morgan fingerprint density at radius 1 is 0.667 bits per heavy atom. The zero-order valence-corrected chi connectivity index (χ0v) is 13.6. The molecule has 10 nitrogen and oxygen atoms in total. The van der Waals surface area contributed by atoms with Crippen LogP contribution in [0.25, 0.3) is 0 Å². The highest BCUT2D eigenvalue weighted by Gasteiger charge is 2.14. The van der Waals surface area contributed by atoms with Gasteiger partial charge in [-0.3, -0.25) is 19.2 Å². The molecule has 0 spiro atoms. The summed E-state index contributed by atoms with van der Waals surface area (Å²) in [6, 6.07) is 0. The predicted octanol–water partition coefficient (Wildman–Crippen LogP) is -1.30. The van der Waals surface area contributed by atoms with Gasteiger partial charge in [-0.25, -0.2) is 0 Å². The van der Waals surface area contributed by atoms with Crippen LogP contribution in [-0.4, -0.2) is 72.7 Å². The van der Waals surface area contributed by atoms with Crippen molar-refractivity contribution in [3.05, 3.63) is 0 Å². The van der Waals surface area contributed by atoms with Gasteiger partial charge in [0.2, 0.25) is 0 Å². The van der Waals surface area contributed by atoms with Gasteiger partial charge in [0.15, 0.2) is 0 Å². The number of hydrogen-bond donors (Lipinski definition) is 2. The molecule has 0 radical (unpaired) electrons. The molecule has 0 saturated heterocycles. The minimum Gasteiger partial charge on any atom is -0.463 e. The van der Waals surface area contributed by atoms with Gasteiger partial charge in [0, 0.05) is 13.8 Å². The van der Waals surface area contributed by atoms with E-state index in [1.54, 1.807) is 0 Å². The number of carbonyl (C=O) groups is 4. The van der Waals surface area contributed by atoms with Gasteiger partial charge in [-0.2, -0.15) is 0 Å². The number of aliphatic hydroxyl groups excluding tert-OH is 2. The molecule has 24 heavy (non-hydrogen) atoms. The highest BCUT2D eigenvalue weighted by molar-refractivity contribution is 5.77. The minimum atomic E-state index is -1.15. The van der Waals surface area contributed by atoms with Crippen molar-refractivity contribution in [1.29, 1.82) is 0 Å². The fourth-order valence-corrected chi connectivity index (χ4v) is 1.25. The average Bonchev–Trinajstić information content (AvgIpc) is 2.52. The molecule has 0 heterocycles. The highest BCUT2D eigenvalue weighted by atomic mass is 16.6. The van der Waals surface area contributed by atoms with Crippen molar-refractivity contribution in [2.75, 3.05) is 26.4 Å². The van der Waals surface area contributed by atoms with Gasteiger partial charge >= 0.3 is 23.9 Å². The summed E-state index contributed by atoms with van der Waals surface area (Å²) in [7, 11) is 0. The molecule has 0 aliphatic rings. The predicted molar refractivity (Wildman–Crippen MR) is 76.4 cm³/mol. The lowest BCUT2D eigenvalue weighted by atomic mass is 10.3. The first-order chi connectivity index (χ1) is 11.2. The van der Waals surface area contributed by atoms with Gasteiger partial charge in [0.1, 0.15) is 38.6 Å². The number of rotatable bonds is 11. The average molecular weight is 350 g/mol. The molecule has 0 fully saturated rings. The number of ether oxygens (including phenoxy) is 4. The molecule has 0 aliphatic carbocycles. The molecule has 0 bridgehead atoms. The largest absolute Gasteiger partial charge is 0.463 e. The first kappa shape index (κ1) is 21.8. The summed E-state index contributed by atoms with van der Waals surface area (Å²) in [5.74, 6) is -2.62. The summed E-state index contributed by atoms with van der Waals surface area (Å²) in [6.07, 6.45) is -2.86. The first-order valence-electron chi connectivity index (χ1n) is 7.14. The van der Waals surface area contributed by atoms with Crippen LogP contribution in [0.5, 0.6) is 0 Å². The number of hydrogen-bond acceptors (Lipinski definition) is 10.